The summed E-state index contributed by atoms with van der Waals surface area (Å²) >= 11 is 6.22. The van der Waals surface area contributed by atoms with Crippen molar-refractivity contribution in [3.63, 3.8) is 0 Å². The van der Waals surface area contributed by atoms with E-state index in [9.17, 15) is 0 Å². The average Bonchev–Trinajstić information content (AvgIpc) is 2.46. The first kappa shape index (κ1) is 12.1. The van der Waals surface area contributed by atoms with E-state index in [0.717, 1.165) is 17.0 Å². The molecule has 0 amide bonds. The molecular formula is C14H13ClN2O2. The van der Waals surface area contributed by atoms with E-state index >= 15 is 0 Å². The SMILES string of the molecule is Clc1cc2c(cc1NCc1ccncc1)OCCO2. The molecule has 2 heterocycles. The van der Waals surface area contributed by atoms with Crippen molar-refractivity contribution in [3.05, 3.63) is 47.2 Å². The van der Waals surface area contributed by atoms with Crippen molar-refractivity contribution in [1.82, 2.24) is 4.98 Å². The highest BCUT2D eigenvalue weighted by Crippen LogP contribution is 2.38. The average molecular weight is 277 g/mol. The van der Waals surface area contributed by atoms with Crippen molar-refractivity contribution >= 4 is 17.3 Å². The summed E-state index contributed by atoms with van der Waals surface area (Å²) in [5.41, 5.74) is 1.98. The van der Waals surface area contributed by atoms with Crippen molar-refractivity contribution in [2.75, 3.05) is 18.5 Å². The molecule has 0 fully saturated rings. The molecule has 0 radical (unpaired) electrons. The van der Waals surface area contributed by atoms with Crippen LogP contribution in [0, 0.1) is 0 Å². The highest BCUT2D eigenvalue weighted by Gasteiger charge is 2.14. The van der Waals surface area contributed by atoms with Gasteiger partial charge in [0.05, 0.1) is 10.7 Å². The molecule has 0 aliphatic carbocycles. The van der Waals surface area contributed by atoms with Gasteiger partial charge in [0, 0.05) is 31.1 Å². The largest absolute Gasteiger partial charge is 0.486 e. The van der Waals surface area contributed by atoms with E-state index < -0.39 is 0 Å². The van der Waals surface area contributed by atoms with Gasteiger partial charge in [-0.05, 0) is 17.7 Å². The summed E-state index contributed by atoms with van der Waals surface area (Å²) in [4.78, 5) is 3.99. The molecule has 0 saturated heterocycles. The van der Waals surface area contributed by atoms with Crippen LogP contribution in [0.2, 0.25) is 5.02 Å². The number of halogens is 1. The van der Waals surface area contributed by atoms with Gasteiger partial charge in [-0.25, -0.2) is 0 Å². The summed E-state index contributed by atoms with van der Waals surface area (Å²) in [6, 6.07) is 7.57. The third-order valence-corrected chi connectivity index (χ3v) is 3.18. The Hall–Kier alpha value is -1.94. The number of nitrogens with one attached hydrogen (secondary N) is 1. The number of nitrogens with zero attached hydrogens (tertiary/aromatic N) is 1. The lowest BCUT2D eigenvalue weighted by Gasteiger charge is -2.20. The fourth-order valence-corrected chi connectivity index (χ4v) is 2.12. The van der Waals surface area contributed by atoms with E-state index in [-0.39, 0.29) is 0 Å². The van der Waals surface area contributed by atoms with Gasteiger partial charge in [0.15, 0.2) is 11.5 Å². The van der Waals surface area contributed by atoms with Crippen molar-refractivity contribution in [2.45, 2.75) is 6.54 Å². The molecule has 0 unspecified atom stereocenters. The Kier molecular flexibility index (Phi) is 3.42. The van der Waals surface area contributed by atoms with Crippen LogP contribution in [0.4, 0.5) is 5.69 Å². The molecule has 1 N–H and O–H groups in total. The van der Waals surface area contributed by atoms with Crippen molar-refractivity contribution in [3.8, 4) is 11.5 Å². The molecule has 0 bridgehead atoms. The highest BCUT2D eigenvalue weighted by molar-refractivity contribution is 6.33. The van der Waals surface area contributed by atoms with Gasteiger partial charge in [-0.3, -0.25) is 4.98 Å². The lowest BCUT2D eigenvalue weighted by molar-refractivity contribution is 0.171. The van der Waals surface area contributed by atoms with E-state index in [1.807, 2.05) is 18.2 Å². The summed E-state index contributed by atoms with van der Waals surface area (Å²) in [6.07, 6.45) is 3.53. The number of hydrogen-bond acceptors (Lipinski definition) is 4. The zero-order valence-electron chi connectivity index (χ0n) is 10.2. The topological polar surface area (TPSA) is 43.4 Å². The summed E-state index contributed by atoms with van der Waals surface area (Å²) in [7, 11) is 0. The van der Waals surface area contributed by atoms with Gasteiger partial charge in [-0.2, -0.15) is 0 Å². The predicted molar refractivity (Wildman–Crippen MR) is 74.0 cm³/mol. The van der Waals surface area contributed by atoms with Crippen LogP contribution >= 0.6 is 11.6 Å². The first-order valence-electron chi connectivity index (χ1n) is 6.05. The van der Waals surface area contributed by atoms with Crippen LogP contribution in [-0.4, -0.2) is 18.2 Å². The van der Waals surface area contributed by atoms with Gasteiger partial charge >= 0.3 is 0 Å². The molecule has 4 nitrogen and oxygen atoms in total. The predicted octanol–water partition coefficient (Wildman–Crippen LogP) is 3.12. The summed E-state index contributed by atoms with van der Waals surface area (Å²) in [5, 5.41) is 3.91. The Morgan fingerprint density at radius 3 is 2.53 bits per heavy atom. The Morgan fingerprint density at radius 2 is 1.79 bits per heavy atom. The second-order valence-corrected chi connectivity index (χ2v) is 4.59. The monoisotopic (exact) mass is 276 g/mol. The molecule has 19 heavy (non-hydrogen) atoms. The normalized spacial score (nSPS) is 13.1. The molecule has 2 aromatic rings. The Morgan fingerprint density at radius 1 is 1.11 bits per heavy atom. The number of fused-ring (bicyclic) bond motifs is 1. The van der Waals surface area contributed by atoms with Gasteiger partial charge in [0.25, 0.3) is 0 Å². The maximum absolute atomic E-state index is 6.22. The second kappa shape index (κ2) is 5.36. The second-order valence-electron chi connectivity index (χ2n) is 4.18. The number of hydrogen-bond donors (Lipinski definition) is 1. The van der Waals surface area contributed by atoms with Crippen LogP contribution in [0.25, 0.3) is 0 Å². The summed E-state index contributed by atoms with van der Waals surface area (Å²) in [5.74, 6) is 1.43. The zero-order chi connectivity index (χ0) is 13.1. The highest BCUT2D eigenvalue weighted by atomic mass is 35.5. The van der Waals surface area contributed by atoms with Crippen LogP contribution in [-0.2, 0) is 6.54 Å². The fraction of sp³-hybridized carbons (Fsp3) is 0.214. The minimum Gasteiger partial charge on any atom is -0.486 e. The Balaban J connectivity index is 1.77. The van der Waals surface area contributed by atoms with E-state index in [2.05, 4.69) is 10.3 Å². The molecule has 1 aliphatic rings. The molecule has 1 aromatic carbocycles. The molecule has 3 rings (SSSR count). The quantitative estimate of drug-likeness (QED) is 0.935. The smallest absolute Gasteiger partial charge is 0.163 e. The molecule has 0 saturated carbocycles. The van der Waals surface area contributed by atoms with E-state index in [4.69, 9.17) is 21.1 Å². The standard InChI is InChI=1S/C14H13ClN2O2/c15-11-7-13-14(19-6-5-18-13)8-12(11)17-9-10-1-3-16-4-2-10/h1-4,7-8,17H,5-6,9H2. The first-order valence-corrected chi connectivity index (χ1v) is 6.42. The minimum absolute atomic E-state index is 0.563. The van der Waals surface area contributed by atoms with Crippen LogP contribution in [0.3, 0.4) is 0 Å². The van der Waals surface area contributed by atoms with Crippen molar-refractivity contribution in [1.29, 1.82) is 0 Å². The third kappa shape index (κ3) is 2.74. The number of aromatic nitrogens is 1. The van der Waals surface area contributed by atoms with Crippen LogP contribution in [0.1, 0.15) is 5.56 Å². The van der Waals surface area contributed by atoms with E-state index in [1.54, 1.807) is 18.5 Å². The molecule has 1 aliphatic heterocycles. The van der Waals surface area contributed by atoms with E-state index in [0.29, 0.717) is 30.5 Å². The van der Waals surface area contributed by atoms with Crippen LogP contribution < -0.4 is 14.8 Å². The number of pyridine rings is 1. The van der Waals surface area contributed by atoms with Crippen molar-refractivity contribution in [2.24, 2.45) is 0 Å². The molecule has 5 heteroatoms. The molecule has 98 valence electrons. The number of rotatable bonds is 3. The van der Waals surface area contributed by atoms with Crippen molar-refractivity contribution < 1.29 is 9.47 Å². The van der Waals surface area contributed by atoms with Gasteiger partial charge in [-0.15, -0.1) is 0 Å². The van der Waals surface area contributed by atoms with Crippen LogP contribution in [0.5, 0.6) is 11.5 Å². The van der Waals surface area contributed by atoms with Gasteiger partial charge in [0.2, 0.25) is 0 Å². The maximum atomic E-state index is 6.22. The summed E-state index contributed by atoms with van der Waals surface area (Å²) < 4.78 is 11.0. The minimum atomic E-state index is 0.563. The Bertz CT molecular complexity index is 575. The molecule has 1 aromatic heterocycles. The number of ether oxygens (including phenoxy) is 2. The van der Waals surface area contributed by atoms with Gasteiger partial charge in [-0.1, -0.05) is 11.6 Å². The van der Waals surface area contributed by atoms with Gasteiger partial charge < -0.3 is 14.8 Å². The van der Waals surface area contributed by atoms with E-state index in [1.165, 1.54) is 0 Å². The summed E-state index contributed by atoms with van der Waals surface area (Å²) in [6.45, 7) is 1.81. The zero-order valence-corrected chi connectivity index (χ0v) is 11.0. The number of benzene rings is 1. The lowest BCUT2D eigenvalue weighted by atomic mass is 10.2. The third-order valence-electron chi connectivity index (χ3n) is 2.86. The molecular weight excluding hydrogens is 264 g/mol. The molecule has 0 spiro atoms. The first-order chi connectivity index (χ1) is 9.33. The fourth-order valence-electron chi connectivity index (χ4n) is 1.90. The number of anilines is 1. The Labute approximate surface area is 116 Å². The van der Waals surface area contributed by atoms with Gasteiger partial charge in [0.1, 0.15) is 13.2 Å². The lowest BCUT2D eigenvalue weighted by Crippen LogP contribution is -2.15. The molecule has 0 atom stereocenters. The maximum Gasteiger partial charge on any atom is 0.163 e. The van der Waals surface area contributed by atoms with Crippen LogP contribution in [0.15, 0.2) is 36.7 Å².